The van der Waals surface area contributed by atoms with Crippen LogP contribution >= 0.6 is 0 Å². The summed E-state index contributed by atoms with van der Waals surface area (Å²) in [6.45, 7) is 5.58. The van der Waals surface area contributed by atoms with Crippen LogP contribution in [0.4, 0.5) is 0 Å². The van der Waals surface area contributed by atoms with Crippen molar-refractivity contribution in [1.29, 1.82) is 5.26 Å². The highest BCUT2D eigenvalue weighted by Gasteiger charge is 2.25. The standard InChI is InChI=1S/C25H27N5O/c1-17(2)19-9-11-22(12-10-19)30-24(20-7-5-18(15-26)6-8-20)14-23(28-30)25(31)29-13-3-4-21(27)16-29/h5-12,14,17,21H,3-4,13,16,27H2,1-2H3/t21-/m1/s1. The molecule has 6 nitrogen and oxygen atoms in total. The summed E-state index contributed by atoms with van der Waals surface area (Å²) >= 11 is 0. The van der Waals surface area contributed by atoms with E-state index in [0.717, 1.165) is 29.8 Å². The Balaban J connectivity index is 1.76. The van der Waals surface area contributed by atoms with Gasteiger partial charge in [-0.15, -0.1) is 0 Å². The molecule has 3 aromatic rings. The summed E-state index contributed by atoms with van der Waals surface area (Å²) in [5.74, 6) is 0.340. The van der Waals surface area contributed by atoms with E-state index in [1.165, 1.54) is 5.56 Å². The van der Waals surface area contributed by atoms with Crippen molar-refractivity contribution in [3.63, 3.8) is 0 Å². The minimum absolute atomic E-state index is 0.0151. The molecule has 0 bridgehead atoms. The lowest BCUT2D eigenvalue weighted by Gasteiger charge is -2.30. The van der Waals surface area contributed by atoms with Gasteiger partial charge in [-0.3, -0.25) is 4.79 Å². The molecular weight excluding hydrogens is 386 g/mol. The Labute approximate surface area is 182 Å². The SMILES string of the molecule is CC(C)c1ccc(-n2nc(C(=O)N3CCC[C@@H](N)C3)cc2-c2ccc(C#N)cc2)cc1. The van der Waals surface area contributed by atoms with Gasteiger partial charge in [-0.25, -0.2) is 4.68 Å². The topological polar surface area (TPSA) is 87.9 Å². The minimum Gasteiger partial charge on any atom is -0.336 e. The third kappa shape index (κ3) is 4.37. The first-order valence-corrected chi connectivity index (χ1v) is 10.7. The fourth-order valence-corrected chi connectivity index (χ4v) is 3.96. The van der Waals surface area contributed by atoms with Crippen molar-refractivity contribution in [2.24, 2.45) is 5.73 Å². The zero-order valence-corrected chi connectivity index (χ0v) is 18.0. The predicted octanol–water partition coefficient (Wildman–Crippen LogP) is 4.10. The van der Waals surface area contributed by atoms with Crippen LogP contribution in [0.2, 0.25) is 0 Å². The number of nitriles is 1. The fraction of sp³-hybridized carbons (Fsp3) is 0.320. The second-order valence-electron chi connectivity index (χ2n) is 8.42. The van der Waals surface area contributed by atoms with E-state index in [1.54, 1.807) is 17.0 Å². The number of rotatable bonds is 4. The van der Waals surface area contributed by atoms with Crippen LogP contribution in [-0.2, 0) is 0 Å². The van der Waals surface area contributed by atoms with Gasteiger partial charge < -0.3 is 10.6 Å². The van der Waals surface area contributed by atoms with Crippen molar-refractivity contribution in [2.75, 3.05) is 13.1 Å². The first-order valence-electron chi connectivity index (χ1n) is 10.7. The molecule has 4 rings (SSSR count). The number of nitrogens with zero attached hydrogens (tertiary/aromatic N) is 4. The molecule has 31 heavy (non-hydrogen) atoms. The third-order valence-corrected chi connectivity index (χ3v) is 5.79. The lowest BCUT2D eigenvalue weighted by Crippen LogP contribution is -2.45. The van der Waals surface area contributed by atoms with Crippen LogP contribution in [0.25, 0.3) is 16.9 Å². The normalized spacial score (nSPS) is 16.4. The monoisotopic (exact) mass is 413 g/mol. The molecule has 2 N–H and O–H groups in total. The average Bonchev–Trinajstić information content (AvgIpc) is 3.24. The molecular formula is C25H27N5O. The molecule has 2 aromatic carbocycles. The summed E-state index contributed by atoms with van der Waals surface area (Å²) in [5.41, 5.74) is 10.9. The van der Waals surface area contributed by atoms with E-state index in [-0.39, 0.29) is 11.9 Å². The van der Waals surface area contributed by atoms with Crippen LogP contribution in [0.1, 0.15) is 54.2 Å². The van der Waals surface area contributed by atoms with Crippen molar-refractivity contribution in [3.05, 3.63) is 71.4 Å². The van der Waals surface area contributed by atoms with E-state index in [4.69, 9.17) is 16.1 Å². The van der Waals surface area contributed by atoms with Crippen molar-refractivity contribution in [2.45, 2.75) is 38.6 Å². The van der Waals surface area contributed by atoms with Crippen molar-refractivity contribution in [3.8, 4) is 23.0 Å². The molecule has 0 radical (unpaired) electrons. The zero-order valence-electron chi connectivity index (χ0n) is 18.0. The number of benzene rings is 2. The molecule has 6 heteroatoms. The van der Waals surface area contributed by atoms with Crippen LogP contribution in [0.15, 0.2) is 54.6 Å². The van der Waals surface area contributed by atoms with Crippen LogP contribution in [0, 0.1) is 11.3 Å². The van der Waals surface area contributed by atoms with Gasteiger partial charge in [0.2, 0.25) is 0 Å². The van der Waals surface area contributed by atoms with Crippen molar-refractivity contribution in [1.82, 2.24) is 14.7 Å². The second-order valence-corrected chi connectivity index (χ2v) is 8.42. The minimum atomic E-state index is -0.0948. The summed E-state index contributed by atoms with van der Waals surface area (Å²) in [6.07, 6.45) is 1.85. The van der Waals surface area contributed by atoms with Crippen molar-refractivity contribution >= 4 is 5.91 Å². The smallest absolute Gasteiger partial charge is 0.274 e. The summed E-state index contributed by atoms with van der Waals surface area (Å²) in [4.78, 5) is 15.0. The molecule has 158 valence electrons. The highest BCUT2D eigenvalue weighted by Crippen LogP contribution is 2.26. The molecule has 1 aliphatic heterocycles. The summed E-state index contributed by atoms with van der Waals surface area (Å²) < 4.78 is 1.81. The quantitative estimate of drug-likeness (QED) is 0.697. The lowest BCUT2D eigenvalue weighted by molar-refractivity contribution is 0.0702. The number of carbonyl (C=O) groups excluding carboxylic acids is 1. The van der Waals surface area contributed by atoms with Gasteiger partial charge in [0.15, 0.2) is 5.69 Å². The Morgan fingerprint density at radius 3 is 2.48 bits per heavy atom. The average molecular weight is 414 g/mol. The molecule has 0 aliphatic carbocycles. The molecule has 1 saturated heterocycles. The highest BCUT2D eigenvalue weighted by molar-refractivity contribution is 5.93. The summed E-state index contributed by atoms with van der Waals surface area (Å²) in [5, 5.41) is 13.8. The lowest BCUT2D eigenvalue weighted by atomic mass is 10.0. The summed E-state index contributed by atoms with van der Waals surface area (Å²) in [7, 11) is 0. The first-order chi connectivity index (χ1) is 15.0. The molecule has 1 amide bonds. The highest BCUT2D eigenvalue weighted by atomic mass is 16.2. The third-order valence-electron chi connectivity index (χ3n) is 5.79. The molecule has 1 aromatic heterocycles. The number of hydrogen-bond donors (Lipinski definition) is 1. The van der Waals surface area contributed by atoms with Gasteiger partial charge in [-0.1, -0.05) is 38.1 Å². The molecule has 2 heterocycles. The number of carbonyl (C=O) groups is 1. The number of aromatic nitrogens is 2. The van der Waals surface area contributed by atoms with Crippen LogP contribution in [0.3, 0.4) is 0 Å². The van der Waals surface area contributed by atoms with E-state index >= 15 is 0 Å². The van der Waals surface area contributed by atoms with E-state index in [2.05, 4.69) is 32.0 Å². The second kappa shape index (κ2) is 8.75. The van der Waals surface area contributed by atoms with Crippen LogP contribution < -0.4 is 5.73 Å². The maximum atomic E-state index is 13.2. The molecule has 1 aliphatic rings. The van der Waals surface area contributed by atoms with Crippen LogP contribution in [0.5, 0.6) is 0 Å². The van der Waals surface area contributed by atoms with Gasteiger partial charge in [0.1, 0.15) is 0 Å². The number of hydrogen-bond acceptors (Lipinski definition) is 4. The van der Waals surface area contributed by atoms with Crippen molar-refractivity contribution < 1.29 is 4.79 Å². The number of likely N-dealkylation sites (tertiary alicyclic amines) is 1. The fourth-order valence-electron chi connectivity index (χ4n) is 3.96. The maximum absolute atomic E-state index is 13.2. The summed E-state index contributed by atoms with van der Waals surface area (Å²) in [6, 6.07) is 19.6. The molecule has 0 saturated carbocycles. The maximum Gasteiger partial charge on any atom is 0.274 e. The van der Waals surface area contributed by atoms with Gasteiger partial charge in [0.25, 0.3) is 5.91 Å². The van der Waals surface area contributed by atoms with Gasteiger partial charge in [-0.05, 0) is 54.7 Å². The van der Waals surface area contributed by atoms with Gasteiger partial charge in [0.05, 0.1) is 23.0 Å². The molecule has 1 atom stereocenters. The van der Waals surface area contributed by atoms with Gasteiger partial charge >= 0.3 is 0 Å². The Morgan fingerprint density at radius 1 is 1.16 bits per heavy atom. The molecule has 0 unspecified atom stereocenters. The zero-order chi connectivity index (χ0) is 22.0. The van der Waals surface area contributed by atoms with E-state index < -0.39 is 0 Å². The molecule has 1 fully saturated rings. The van der Waals surface area contributed by atoms with Crippen LogP contribution in [-0.4, -0.2) is 39.7 Å². The van der Waals surface area contributed by atoms with E-state index in [1.807, 2.05) is 35.0 Å². The Hall–Kier alpha value is -3.43. The van der Waals surface area contributed by atoms with Gasteiger partial charge in [0, 0.05) is 24.7 Å². The number of amides is 1. The Morgan fingerprint density at radius 2 is 1.87 bits per heavy atom. The van der Waals surface area contributed by atoms with E-state index in [9.17, 15) is 4.79 Å². The van der Waals surface area contributed by atoms with E-state index in [0.29, 0.717) is 30.3 Å². The van der Waals surface area contributed by atoms with Gasteiger partial charge in [-0.2, -0.15) is 10.4 Å². The largest absolute Gasteiger partial charge is 0.336 e. The Kier molecular flexibility index (Phi) is 5.88. The number of nitrogens with two attached hydrogens (primary N) is 1. The predicted molar refractivity (Wildman–Crippen MR) is 121 cm³/mol. The molecule has 0 spiro atoms. The first kappa shape index (κ1) is 20.8. The Bertz CT molecular complexity index is 1110. The number of piperidine rings is 1.